The number of hydrogen-bond donors (Lipinski definition) is 0. The van der Waals surface area contributed by atoms with Crippen LogP contribution < -0.4 is 0 Å². The summed E-state index contributed by atoms with van der Waals surface area (Å²) in [4.78, 5) is 0. The van der Waals surface area contributed by atoms with Crippen LogP contribution in [0, 0.1) is 47.3 Å². The van der Waals surface area contributed by atoms with Gasteiger partial charge in [0.25, 0.3) is 0 Å². The van der Waals surface area contributed by atoms with Gasteiger partial charge >= 0.3 is 0 Å². The lowest BCUT2D eigenvalue weighted by molar-refractivity contribution is 0.260. The Hall–Kier alpha value is 0. The van der Waals surface area contributed by atoms with Gasteiger partial charge in [-0.05, 0) is 92.3 Å². The molecule has 0 aliphatic carbocycles. The third-order valence-electron chi connectivity index (χ3n) is 5.77. The summed E-state index contributed by atoms with van der Waals surface area (Å²) in [5, 5.41) is 0. The summed E-state index contributed by atoms with van der Waals surface area (Å²) in [7, 11) is 0. The standard InChI is InChI=1S/C25H52/c1-18(2)11-20(5)13-22(7)15-24(9)17-25(10)16-23(8)14-21(6)12-19(3)4/h18-25H,11-17H2,1-10H3. The molecule has 0 aliphatic heterocycles. The van der Waals surface area contributed by atoms with Gasteiger partial charge in [0.15, 0.2) is 0 Å². The lowest BCUT2D eigenvalue weighted by atomic mass is 9.80. The molecule has 0 aromatic rings. The van der Waals surface area contributed by atoms with Crippen LogP contribution in [0.25, 0.3) is 0 Å². The minimum atomic E-state index is 0.847. The van der Waals surface area contributed by atoms with Crippen LogP contribution in [-0.2, 0) is 0 Å². The van der Waals surface area contributed by atoms with Gasteiger partial charge in [0, 0.05) is 0 Å². The second-order valence-electron chi connectivity index (χ2n) is 11.1. The molecule has 0 spiro atoms. The zero-order valence-electron chi connectivity index (χ0n) is 19.6. The first-order valence-corrected chi connectivity index (χ1v) is 11.5. The highest BCUT2D eigenvalue weighted by Crippen LogP contribution is 2.30. The first kappa shape index (κ1) is 25.0. The Labute approximate surface area is 161 Å². The van der Waals surface area contributed by atoms with Crippen molar-refractivity contribution in [2.24, 2.45) is 47.3 Å². The first-order valence-electron chi connectivity index (χ1n) is 11.5. The Morgan fingerprint density at radius 1 is 0.280 bits per heavy atom. The quantitative estimate of drug-likeness (QED) is 0.293. The second kappa shape index (κ2) is 13.2. The van der Waals surface area contributed by atoms with Crippen molar-refractivity contribution in [2.75, 3.05) is 0 Å². The summed E-state index contributed by atoms with van der Waals surface area (Å²) in [6, 6.07) is 0. The molecular formula is C25H52. The van der Waals surface area contributed by atoms with Crippen molar-refractivity contribution < 1.29 is 0 Å². The van der Waals surface area contributed by atoms with Crippen LogP contribution in [-0.4, -0.2) is 0 Å². The molecule has 152 valence electrons. The van der Waals surface area contributed by atoms with Gasteiger partial charge in [-0.2, -0.15) is 0 Å². The molecule has 6 atom stereocenters. The maximum atomic E-state index is 2.49. The van der Waals surface area contributed by atoms with Crippen LogP contribution in [0.2, 0.25) is 0 Å². The molecule has 0 saturated carbocycles. The molecule has 0 nitrogen and oxygen atoms in total. The van der Waals surface area contributed by atoms with E-state index >= 15 is 0 Å². The van der Waals surface area contributed by atoms with E-state index < -0.39 is 0 Å². The highest BCUT2D eigenvalue weighted by Gasteiger charge is 2.18. The van der Waals surface area contributed by atoms with Crippen molar-refractivity contribution in [3.05, 3.63) is 0 Å². The Bertz CT molecular complexity index is 273. The summed E-state index contributed by atoms with van der Waals surface area (Å²) in [6.45, 7) is 24.3. The Balaban J connectivity index is 4.05. The topological polar surface area (TPSA) is 0 Å². The first-order chi connectivity index (χ1) is 11.5. The molecule has 0 aromatic carbocycles. The van der Waals surface area contributed by atoms with E-state index in [2.05, 4.69) is 69.2 Å². The fourth-order valence-electron chi connectivity index (χ4n) is 5.62. The van der Waals surface area contributed by atoms with E-state index in [9.17, 15) is 0 Å². The number of hydrogen-bond acceptors (Lipinski definition) is 0. The van der Waals surface area contributed by atoms with Gasteiger partial charge in [0.1, 0.15) is 0 Å². The second-order valence-corrected chi connectivity index (χ2v) is 11.1. The molecular weight excluding hydrogens is 300 g/mol. The highest BCUT2D eigenvalue weighted by molar-refractivity contribution is 4.69. The van der Waals surface area contributed by atoms with E-state index in [0.717, 1.165) is 47.3 Å². The molecule has 25 heavy (non-hydrogen) atoms. The lowest BCUT2D eigenvalue weighted by Gasteiger charge is -2.25. The van der Waals surface area contributed by atoms with Gasteiger partial charge in [0.2, 0.25) is 0 Å². The predicted molar refractivity (Wildman–Crippen MR) is 117 cm³/mol. The van der Waals surface area contributed by atoms with Crippen LogP contribution in [0.15, 0.2) is 0 Å². The van der Waals surface area contributed by atoms with E-state index in [0.29, 0.717) is 0 Å². The van der Waals surface area contributed by atoms with E-state index in [4.69, 9.17) is 0 Å². The highest BCUT2D eigenvalue weighted by atomic mass is 14.2. The normalized spacial score (nSPS) is 19.7. The summed E-state index contributed by atoms with van der Waals surface area (Å²) in [5.41, 5.74) is 0. The van der Waals surface area contributed by atoms with Crippen molar-refractivity contribution in [3.63, 3.8) is 0 Å². The fraction of sp³-hybridized carbons (Fsp3) is 1.00. The fourth-order valence-corrected chi connectivity index (χ4v) is 5.62. The summed E-state index contributed by atoms with van der Waals surface area (Å²) in [5.74, 6) is 7.02. The van der Waals surface area contributed by atoms with Crippen LogP contribution in [0.5, 0.6) is 0 Å². The van der Waals surface area contributed by atoms with Gasteiger partial charge in [-0.25, -0.2) is 0 Å². The Kier molecular flexibility index (Phi) is 13.2. The smallest absolute Gasteiger partial charge is 0.0438 e. The minimum Gasteiger partial charge on any atom is -0.0628 e. The molecule has 0 rings (SSSR count). The molecule has 0 heteroatoms. The molecule has 0 N–H and O–H groups in total. The van der Waals surface area contributed by atoms with E-state index in [1.165, 1.54) is 44.9 Å². The third-order valence-corrected chi connectivity index (χ3v) is 5.77. The molecule has 0 radical (unpaired) electrons. The van der Waals surface area contributed by atoms with Crippen LogP contribution in [0.1, 0.15) is 114 Å². The van der Waals surface area contributed by atoms with Gasteiger partial charge in [0.05, 0.1) is 0 Å². The minimum absolute atomic E-state index is 0.847. The maximum absolute atomic E-state index is 2.49. The van der Waals surface area contributed by atoms with Crippen molar-refractivity contribution in [2.45, 2.75) is 114 Å². The van der Waals surface area contributed by atoms with Crippen LogP contribution >= 0.6 is 0 Å². The van der Waals surface area contributed by atoms with Gasteiger partial charge < -0.3 is 0 Å². The molecule has 0 fully saturated rings. The molecule has 0 aliphatic rings. The Morgan fingerprint density at radius 2 is 0.440 bits per heavy atom. The average Bonchev–Trinajstić information content (AvgIpc) is 2.34. The van der Waals surface area contributed by atoms with Crippen molar-refractivity contribution in [1.29, 1.82) is 0 Å². The molecule has 0 saturated heterocycles. The summed E-state index contributed by atoms with van der Waals surface area (Å²) >= 11 is 0. The van der Waals surface area contributed by atoms with E-state index in [1.54, 1.807) is 0 Å². The summed E-state index contributed by atoms with van der Waals surface area (Å²) in [6.07, 6.45) is 9.88. The molecule has 6 unspecified atom stereocenters. The van der Waals surface area contributed by atoms with Gasteiger partial charge in [-0.15, -0.1) is 0 Å². The third kappa shape index (κ3) is 14.8. The van der Waals surface area contributed by atoms with Crippen molar-refractivity contribution in [3.8, 4) is 0 Å². The monoisotopic (exact) mass is 352 g/mol. The van der Waals surface area contributed by atoms with Gasteiger partial charge in [-0.1, -0.05) is 69.2 Å². The molecule has 0 bridgehead atoms. The lowest BCUT2D eigenvalue weighted by Crippen LogP contribution is -2.14. The summed E-state index contributed by atoms with van der Waals surface area (Å²) < 4.78 is 0. The average molecular weight is 353 g/mol. The zero-order valence-corrected chi connectivity index (χ0v) is 19.6. The SMILES string of the molecule is CC(C)CC(C)CC(C)CC(C)CC(C)CC(C)CC(C)CC(C)C. The van der Waals surface area contributed by atoms with E-state index in [-0.39, 0.29) is 0 Å². The molecule has 0 aromatic heterocycles. The largest absolute Gasteiger partial charge is 0.0628 e. The molecule has 0 heterocycles. The van der Waals surface area contributed by atoms with E-state index in [1.807, 2.05) is 0 Å². The predicted octanol–water partition coefficient (Wildman–Crippen LogP) is 8.85. The zero-order chi connectivity index (χ0) is 19.6. The number of rotatable bonds is 14. The van der Waals surface area contributed by atoms with Crippen LogP contribution in [0.3, 0.4) is 0 Å². The van der Waals surface area contributed by atoms with Crippen molar-refractivity contribution >= 4 is 0 Å². The van der Waals surface area contributed by atoms with Crippen LogP contribution in [0.4, 0.5) is 0 Å². The Morgan fingerprint density at radius 3 is 0.600 bits per heavy atom. The van der Waals surface area contributed by atoms with Gasteiger partial charge in [-0.3, -0.25) is 0 Å². The molecule has 0 amide bonds. The maximum Gasteiger partial charge on any atom is -0.0438 e. The van der Waals surface area contributed by atoms with Crippen molar-refractivity contribution in [1.82, 2.24) is 0 Å².